The van der Waals surface area contributed by atoms with Gasteiger partial charge in [0.1, 0.15) is 17.3 Å². The van der Waals surface area contributed by atoms with E-state index in [2.05, 4.69) is 0 Å². The molecule has 0 saturated heterocycles. The molecule has 122 valence electrons. The zero-order valence-corrected chi connectivity index (χ0v) is 12.9. The molecule has 0 atom stereocenters. The van der Waals surface area contributed by atoms with E-state index in [0.29, 0.717) is 10.7 Å². The first-order valence-corrected chi connectivity index (χ1v) is 8.44. The van der Waals surface area contributed by atoms with E-state index in [1.165, 1.54) is 30.3 Å². The molecule has 8 heteroatoms. The molecule has 1 heterocycles. The number of nitrogens with zero attached hydrogens (tertiary/aromatic N) is 2. The second kappa shape index (κ2) is 5.78. The Hall–Kier alpha value is -2.19. The number of benzene rings is 2. The fourth-order valence-electron chi connectivity index (χ4n) is 2.58. The molecule has 23 heavy (non-hydrogen) atoms. The van der Waals surface area contributed by atoms with Gasteiger partial charge in [-0.15, -0.1) is 0 Å². The predicted molar refractivity (Wildman–Crippen MR) is 84.9 cm³/mol. The van der Waals surface area contributed by atoms with Crippen molar-refractivity contribution < 1.29 is 17.2 Å². The summed E-state index contributed by atoms with van der Waals surface area (Å²) in [4.78, 5) is 0. The highest BCUT2D eigenvalue weighted by molar-refractivity contribution is 7.95. The first kappa shape index (κ1) is 15.7. The Balaban J connectivity index is 2.23. The SMILES string of the molecule is NCCCN1c2cccc(F)c2N(c2ccccc2F)S1(=O)=O. The number of nitrogens with two attached hydrogens (primary N) is 1. The average molecular weight is 339 g/mol. The van der Waals surface area contributed by atoms with Gasteiger partial charge in [0, 0.05) is 6.54 Å². The molecule has 1 aliphatic rings. The Bertz CT molecular complexity index is 842. The third-order valence-corrected chi connectivity index (χ3v) is 5.36. The van der Waals surface area contributed by atoms with Gasteiger partial charge in [-0.25, -0.2) is 13.1 Å². The summed E-state index contributed by atoms with van der Waals surface area (Å²) in [5, 5.41) is 0. The van der Waals surface area contributed by atoms with Crippen LogP contribution in [0.3, 0.4) is 0 Å². The van der Waals surface area contributed by atoms with Crippen molar-refractivity contribution in [2.75, 3.05) is 21.7 Å². The summed E-state index contributed by atoms with van der Waals surface area (Å²) in [5.74, 6) is -1.48. The van der Waals surface area contributed by atoms with E-state index >= 15 is 0 Å². The first-order chi connectivity index (χ1) is 11.0. The molecule has 3 rings (SSSR count). The van der Waals surface area contributed by atoms with Gasteiger partial charge in [0.05, 0.1) is 11.4 Å². The van der Waals surface area contributed by atoms with Crippen LogP contribution < -0.4 is 14.3 Å². The molecular formula is C15H15F2N3O2S. The minimum atomic E-state index is -4.13. The topological polar surface area (TPSA) is 66.6 Å². The van der Waals surface area contributed by atoms with Gasteiger partial charge in [-0.2, -0.15) is 8.42 Å². The minimum absolute atomic E-state index is 0.0975. The zero-order valence-electron chi connectivity index (χ0n) is 12.1. The Morgan fingerprint density at radius 1 is 0.957 bits per heavy atom. The van der Waals surface area contributed by atoms with Gasteiger partial charge in [0.2, 0.25) is 0 Å². The van der Waals surface area contributed by atoms with Crippen molar-refractivity contribution in [3.05, 3.63) is 54.1 Å². The number of halogens is 2. The molecule has 2 aromatic rings. The molecular weight excluding hydrogens is 324 g/mol. The van der Waals surface area contributed by atoms with Crippen molar-refractivity contribution in [3.63, 3.8) is 0 Å². The van der Waals surface area contributed by atoms with E-state index in [-0.39, 0.29) is 30.2 Å². The molecule has 1 aliphatic heterocycles. The second-order valence-electron chi connectivity index (χ2n) is 5.05. The molecule has 5 nitrogen and oxygen atoms in total. The molecule has 0 aliphatic carbocycles. The number of anilines is 3. The summed E-state index contributed by atoms with van der Waals surface area (Å²) in [5.41, 5.74) is 5.24. The molecule has 2 N–H and O–H groups in total. The van der Waals surface area contributed by atoms with Crippen LogP contribution in [0.4, 0.5) is 25.8 Å². The molecule has 0 bridgehead atoms. The van der Waals surface area contributed by atoms with E-state index in [1.807, 2.05) is 0 Å². The maximum Gasteiger partial charge on any atom is 0.331 e. The third-order valence-electron chi connectivity index (χ3n) is 3.58. The van der Waals surface area contributed by atoms with Crippen molar-refractivity contribution >= 4 is 27.3 Å². The van der Waals surface area contributed by atoms with Crippen LogP contribution >= 0.6 is 0 Å². The van der Waals surface area contributed by atoms with E-state index in [9.17, 15) is 17.2 Å². The van der Waals surface area contributed by atoms with Crippen LogP contribution in [-0.4, -0.2) is 21.5 Å². The highest BCUT2D eigenvalue weighted by Crippen LogP contribution is 2.47. The highest BCUT2D eigenvalue weighted by atomic mass is 32.2. The van der Waals surface area contributed by atoms with Crippen LogP contribution in [0.5, 0.6) is 0 Å². The Kier molecular flexibility index (Phi) is 3.95. The van der Waals surface area contributed by atoms with Gasteiger partial charge >= 0.3 is 10.2 Å². The number of hydrogen-bond acceptors (Lipinski definition) is 3. The molecule has 0 unspecified atom stereocenters. The monoisotopic (exact) mass is 339 g/mol. The van der Waals surface area contributed by atoms with E-state index in [1.54, 1.807) is 0 Å². The lowest BCUT2D eigenvalue weighted by Gasteiger charge is -2.21. The molecule has 0 fully saturated rings. The largest absolute Gasteiger partial charge is 0.331 e. The Morgan fingerprint density at radius 2 is 1.61 bits per heavy atom. The lowest BCUT2D eigenvalue weighted by atomic mass is 10.2. The molecule has 0 amide bonds. The molecule has 0 aromatic heterocycles. The number of fused-ring (bicyclic) bond motifs is 1. The maximum atomic E-state index is 14.3. The number of hydrogen-bond donors (Lipinski definition) is 1. The standard InChI is InChI=1S/C15H15F2N3O2S/c16-11-5-1-2-7-13(11)20-15-12(17)6-3-8-14(15)19(10-4-9-18)23(20,21)22/h1-3,5-8H,4,9-10,18H2. The van der Waals surface area contributed by atoms with Gasteiger partial charge in [-0.05, 0) is 37.2 Å². The Labute approximate surface area is 133 Å². The van der Waals surface area contributed by atoms with Crippen LogP contribution in [0.1, 0.15) is 6.42 Å². The summed E-state index contributed by atoms with van der Waals surface area (Å²) in [6, 6.07) is 9.43. The Morgan fingerprint density at radius 3 is 2.30 bits per heavy atom. The van der Waals surface area contributed by atoms with Gasteiger partial charge in [-0.3, -0.25) is 4.31 Å². The van der Waals surface area contributed by atoms with Crippen molar-refractivity contribution in [3.8, 4) is 0 Å². The predicted octanol–water partition coefficient (Wildman–Crippen LogP) is 2.52. The summed E-state index contributed by atoms with van der Waals surface area (Å²) in [6.45, 7) is 0.386. The third kappa shape index (κ3) is 2.43. The van der Waals surface area contributed by atoms with Gasteiger partial charge in [-0.1, -0.05) is 18.2 Å². The number of rotatable bonds is 4. The van der Waals surface area contributed by atoms with Crippen LogP contribution in [-0.2, 0) is 10.2 Å². The summed E-state index contributed by atoms with van der Waals surface area (Å²) >= 11 is 0. The minimum Gasteiger partial charge on any atom is -0.330 e. The van der Waals surface area contributed by atoms with Crippen LogP contribution in [0.15, 0.2) is 42.5 Å². The quantitative estimate of drug-likeness (QED) is 0.931. The van der Waals surface area contributed by atoms with Crippen molar-refractivity contribution in [1.29, 1.82) is 0 Å². The summed E-state index contributed by atoms with van der Waals surface area (Å²) < 4.78 is 55.9. The van der Waals surface area contributed by atoms with Crippen molar-refractivity contribution in [2.45, 2.75) is 6.42 Å². The smallest absolute Gasteiger partial charge is 0.330 e. The molecule has 0 radical (unpaired) electrons. The van der Waals surface area contributed by atoms with Crippen LogP contribution in [0.25, 0.3) is 0 Å². The van der Waals surface area contributed by atoms with Crippen LogP contribution in [0.2, 0.25) is 0 Å². The van der Waals surface area contributed by atoms with Crippen LogP contribution in [0, 0.1) is 11.6 Å². The van der Waals surface area contributed by atoms with E-state index in [4.69, 9.17) is 5.73 Å². The van der Waals surface area contributed by atoms with Gasteiger partial charge < -0.3 is 5.73 Å². The molecule has 0 saturated carbocycles. The summed E-state index contributed by atoms with van der Waals surface area (Å²) in [6.07, 6.45) is 0.403. The van der Waals surface area contributed by atoms with E-state index in [0.717, 1.165) is 16.4 Å². The first-order valence-electron chi connectivity index (χ1n) is 7.04. The second-order valence-corrected chi connectivity index (χ2v) is 6.75. The zero-order chi connectivity index (χ0) is 16.6. The highest BCUT2D eigenvalue weighted by Gasteiger charge is 2.43. The average Bonchev–Trinajstić information content (AvgIpc) is 2.74. The normalized spacial score (nSPS) is 15.8. The molecule has 0 spiro atoms. The number of para-hydroxylation sites is 2. The molecule has 2 aromatic carbocycles. The van der Waals surface area contributed by atoms with Crippen molar-refractivity contribution in [2.24, 2.45) is 5.73 Å². The van der Waals surface area contributed by atoms with Crippen molar-refractivity contribution in [1.82, 2.24) is 0 Å². The maximum absolute atomic E-state index is 14.3. The van der Waals surface area contributed by atoms with Gasteiger partial charge in [0.25, 0.3) is 0 Å². The lowest BCUT2D eigenvalue weighted by Crippen LogP contribution is -2.37. The van der Waals surface area contributed by atoms with E-state index < -0.39 is 21.8 Å². The van der Waals surface area contributed by atoms with Gasteiger partial charge in [0.15, 0.2) is 0 Å². The fraction of sp³-hybridized carbons (Fsp3) is 0.200. The fourth-order valence-corrected chi connectivity index (χ4v) is 4.34. The lowest BCUT2D eigenvalue weighted by molar-refractivity contribution is 0.587. The summed E-state index contributed by atoms with van der Waals surface area (Å²) in [7, 11) is -4.13.